The lowest BCUT2D eigenvalue weighted by Crippen LogP contribution is -2.32. The van der Waals surface area contributed by atoms with E-state index in [0.717, 1.165) is 42.5 Å². The fourth-order valence-corrected chi connectivity index (χ4v) is 3.65. The highest BCUT2D eigenvalue weighted by Crippen LogP contribution is 2.28. The van der Waals surface area contributed by atoms with Gasteiger partial charge in [0.05, 0.1) is 5.56 Å². The first kappa shape index (κ1) is 18.7. The minimum absolute atomic E-state index is 0.0931. The summed E-state index contributed by atoms with van der Waals surface area (Å²) in [5.41, 5.74) is 1.43. The summed E-state index contributed by atoms with van der Waals surface area (Å²) in [6.07, 6.45) is 3.61. The number of fused-ring (bicyclic) bond motifs is 1. The molecule has 4 rings (SSSR count). The Morgan fingerprint density at radius 2 is 1.89 bits per heavy atom. The van der Waals surface area contributed by atoms with Crippen LogP contribution in [0, 0.1) is 5.92 Å². The van der Waals surface area contributed by atoms with E-state index >= 15 is 0 Å². The molecule has 2 N–H and O–H groups in total. The van der Waals surface area contributed by atoms with Gasteiger partial charge in [0.15, 0.2) is 0 Å². The highest BCUT2D eigenvalue weighted by atomic mass is 35.5. The number of ether oxygens (including phenoxy) is 1. The molecule has 0 radical (unpaired) electrons. The molecule has 0 bridgehead atoms. The zero-order chi connectivity index (χ0) is 19.3. The molecule has 144 valence electrons. The van der Waals surface area contributed by atoms with Crippen LogP contribution in [0.1, 0.15) is 23.2 Å². The molecule has 1 aromatic heterocycles. The first-order valence-corrected chi connectivity index (χ1v) is 9.85. The fourth-order valence-electron chi connectivity index (χ4n) is 3.46. The second kappa shape index (κ2) is 8.59. The number of hydrogen-bond acceptors (Lipinski definition) is 4. The molecule has 0 atom stereocenters. The molecule has 1 saturated heterocycles. The van der Waals surface area contributed by atoms with Crippen LogP contribution in [0.25, 0.3) is 10.8 Å². The number of halogens is 1. The van der Waals surface area contributed by atoms with Gasteiger partial charge in [0.2, 0.25) is 0 Å². The number of aromatic nitrogens is 1. The van der Waals surface area contributed by atoms with Crippen LogP contribution < -0.4 is 10.6 Å². The van der Waals surface area contributed by atoms with Crippen LogP contribution in [0.15, 0.2) is 54.7 Å². The molecule has 2 aromatic carbocycles. The van der Waals surface area contributed by atoms with Crippen molar-refractivity contribution in [2.75, 3.05) is 25.1 Å². The molecular weight excluding hydrogens is 374 g/mol. The molecule has 1 aliphatic heterocycles. The van der Waals surface area contributed by atoms with Crippen LogP contribution in [0.2, 0.25) is 5.02 Å². The molecular formula is C22H22ClN3O2. The van der Waals surface area contributed by atoms with E-state index in [1.807, 2.05) is 48.5 Å². The summed E-state index contributed by atoms with van der Waals surface area (Å²) in [7, 11) is 0. The highest BCUT2D eigenvalue weighted by Gasteiger charge is 2.17. The number of rotatable bonds is 5. The van der Waals surface area contributed by atoms with E-state index in [9.17, 15) is 4.79 Å². The Morgan fingerprint density at radius 3 is 2.68 bits per heavy atom. The average Bonchev–Trinajstić information content (AvgIpc) is 2.73. The van der Waals surface area contributed by atoms with Crippen molar-refractivity contribution in [3.63, 3.8) is 0 Å². The predicted molar refractivity (Wildman–Crippen MR) is 112 cm³/mol. The summed E-state index contributed by atoms with van der Waals surface area (Å²) < 4.78 is 5.38. The van der Waals surface area contributed by atoms with E-state index in [4.69, 9.17) is 16.3 Å². The monoisotopic (exact) mass is 395 g/mol. The number of nitrogens with one attached hydrogen (secondary N) is 2. The zero-order valence-corrected chi connectivity index (χ0v) is 16.2. The van der Waals surface area contributed by atoms with Gasteiger partial charge in [-0.1, -0.05) is 41.9 Å². The topological polar surface area (TPSA) is 63.2 Å². The van der Waals surface area contributed by atoms with Gasteiger partial charge in [0, 0.05) is 42.1 Å². The van der Waals surface area contributed by atoms with Gasteiger partial charge in [-0.15, -0.1) is 0 Å². The molecule has 0 spiro atoms. The van der Waals surface area contributed by atoms with Gasteiger partial charge in [0.1, 0.15) is 5.82 Å². The first-order chi connectivity index (χ1) is 13.7. The van der Waals surface area contributed by atoms with Gasteiger partial charge in [-0.3, -0.25) is 4.79 Å². The number of carbonyl (C=O) groups excluding carboxylic acids is 1. The number of anilines is 2. The Kier molecular flexibility index (Phi) is 5.74. The van der Waals surface area contributed by atoms with Crippen molar-refractivity contribution in [2.24, 2.45) is 5.92 Å². The highest BCUT2D eigenvalue weighted by molar-refractivity contribution is 6.30. The van der Waals surface area contributed by atoms with E-state index in [1.165, 1.54) is 0 Å². The second-order valence-electron chi connectivity index (χ2n) is 6.97. The van der Waals surface area contributed by atoms with Gasteiger partial charge >= 0.3 is 0 Å². The number of benzene rings is 2. The molecule has 1 aliphatic rings. The second-order valence-corrected chi connectivity index (χ2v) is 7.40. The molecule has 3 aromatic rings. The lowest BCUT2D eigenvalue weighted by atomic mass is 10.00. The molecule has 5 nitrogen and oxygen atoms in total. The van der Waals surface area contributed by atoms with Crippen molar-refractivity contribution in [1.82, 2.24) is 10.3 Å². The van der Waals surface area contributed by atoms with Crippen LogP contribution in [0.5, 0.6) is 0 Å². The molecule has 1 amide bonds. The van der Waals surface area contributed by atoms with E-state index in [1.54, 1.807) is 6.20 Å². The normalized spacial score (nSPS) is 14.8. The minimum atomic E-state index is -0.0931. The van der Waals surface area contributed by atoms with Crippen LogP contribution >= 0.6 is 11.6 Å². The summed E-state index contributed by atoms with van der Waals surface area (Å²) in [6, 6.07) is 15.3. The number of carbonyl (C=O) groups is 1. The zero-order valence-electron chi connectivity index (χ0n) is 15.5. The summed E-state index contributed by atoms with van der Waals surface area (Å²) in [5.74, 6) is 1.07. The van der Waals surface area contributed by atoms with E-state index < -0.39 is 0 Å². The Balaban J connectivity index is 1.57. The maximum atomic E-state index is 12.8. The molecule has 2 heterocycles. The van der Waals surface area contributed by atoms with Gasteiger partial charge in [0.25, 0.3) is 5.91 Å². The number of pyridine rings is 1. The van der Waals surface area contributed by atoms with Crippen LogP contribution in [-0.2, 0) is 4.74 Å². The van der Waals surface area contributed by atoms with E-state index in [2.05, 4.69) is 15.6 Å². The first-order valence-electron chi connectivity index (χ1n) is 9.47. The van der Waals surface area contributed by atoms with Crippen molar-refractivity contribution < 1.29 is 9.53 Å². The summed E-state index contributed by atoms with van der Waals surface area (Å²) in [6.45, 7) is 2.21. The third-order valence-corrected chi connectivity index (χ3v) is 5.25. The molecule has 28 heavy (non-hydrogen) atoms. The molecule has 1 fully saturated rings. The Hall–Kier alpha value is -2.63. The molecule has 0 saturated carbocycles. The van der Waals surface area contributed by atoms with E-state index in [-0.39, 0.29) is 5.91 Å². The van der Waals surface area contributed by atoms with Gasteiger partial charge in [-0.2, -0.15) is 0 Å². The third-order valence-electron chi connectivity index (χ3n) is 5.02. The van der Waals surface area contributed by atoms with Crippen LogP contribution in [0.3, 0.4) is 0 Å². The Morgan fingerprint density at radius 1 is 1.11 bits per heavy atom. The minimum Gasteiger partial charge on any atom is -0.381 e. The summed E-state index contributed by atoms with van der Waals surface area (Å²) >= 11 is 6.07. The Labute approximate surface area is 169 Å². The van der Waals surface area contributed by atoms with Crippen molar-refractivity contribution >= 4 is 39.8 Å². The maximum Gasteiger partial charge on any atom is 0.253 e. The smallest absolute Gasteiger partial charge is 0.253 e. The van der Waals surface area contributed by atoms with Crippen LogP contribution in [0.4, 0.5) is 11.5 Å². The van der Waals surface area contributed by atoms with Gasteiger partial charge in [-0.05, 0) is 42.3 Å². The molecule has 0 unspecified atom stereocenters. The van der Waals surface area contributed by atoms with Crippen LogP contribution in [-0.4, -0.2) is 30.6 Å². The van der Waals surface area contributed by atoms with Gasteiger partial charge in [-0.25, -0.2) is 4.98 Å². The maximum absolute atomic E-state index is 12.8. The summed E-state index contributed by atoms with van der Waals surface area (Å²) in [5, 5.41) is 8.77. The van der Waals surface area contributed by atoms with Crippen molar-refractivity contribution in [1.29, 1.82) is 0 Å². The van der Waals surface area contributed by atoms with Crippen molar-refractivity contribution in [3.05, 3.63) is 65.3 Å². The number of nitrogens with zero attached hydrogens (tertiary/aromatic N) is 1. The standard InChI is InChI=1S/C22H22ClN3O2/c23-16-4-3-5-17(12-16)26-21-19-7-2-1-6-18(19)20(14-24-21)22(27)25-13-15-8-10-28-11-9-15/h1-7,12,14-15H,8-11,13H2,(H,24,26)(H,25,27). The SMILES string of the molecule is O=C(NCC1CCOCC1)c1cnc(Nc2cccc(Cl)c2)c2ccccc12. The molecule has 0 aliphatic carbocycles. The average molecular weight is 396 g/mol. The Bertz CT molecular complexity index is 986. The fraction of sp³-hybridized carbons (Fsp3) is 0.273. The van der Waals surface area contributed by atoms with Crippen molar-refractivity contribution in [2.45, 2.75) is 12.8 Å². The summed E-state index contributed by atoms with van der Waals surface area (Å²) in [4.78, 5) is 17.3. The number of hydrogen-bond donors (Lipinski definition) is 2. The predicted octanol–water partition coefficient (Wildman–Crippen LogP) is 4.79. The quantitative estimate of drug-likeness (QED) is 0.652. The molecule has 6 heteroatoms. The van der Waals surface area contributed by atoms with Crippen molar-refractivity contribution in [3.8, 4) is 0 Å². The number of amides is 1. The third kappa shape index (κ3) is 4.26. The largest absolute Gasteiger partial charge is 0.381 e. The lowest BCUT2D eigenvalue weighted by molar-refractivity contribution is 0.0643. The lowest BCUT2D eigenvalue weighted by Gasteiger charge is -2.22. The van der Waals surface area contributed by atoms with Gasteiger partial charge < -0.3 is 15.4 Å². The van der Waals surface area contributed by atoms with E-state index in [0.29, 0.717) is 28.9 Å².